The lowest BCUT2D eigenvalue weighted by molar-refractivity contribution is -0.114. The summed E-state index contributed by atoms with van der Waals surface area (Å²) in [5.74, 6) is 0.669. The van der Waals surface area contributed by atoms with Gasteiger partial charge in [0.25, 0.3) is 0 Å². The van der Waals surface area contributed by atoms with E-state index in [1.807, 2.05) is 18.2 Å². The monoisotopic (exact) mass is 236 g/mol. The molecule has 0 saturated heterocycles. The summed E-state index contributed by atoms with van der Waals surface area (Å²) in [4.78, 5) is 9.44. The van der Waals surface area contributed by atoms with Crippen molar-refractivity contribution in [2.24, 2.45) is 5.92 Å². The zero-order chi connectivity index (χ0) is 12.7. The minimum atomic E-state index is -0.519. The lowest BCUT2D eigenvalue weighted by atomic mass is 9.74. The van der Waals surface area contributed by atoms with Crippen LogP contribution in [0.5, 0.6) is 0 Å². The normalized spacial score (nSPS) is 28.4. The molecule has 0 aromatic carbocycles. The third-order valence-corrected chi connectivity index (χ3v) is 3.39. The molecule has 0 bridgehead atoms. The van der Waals surface area contributed by atoms with Gasteiger partial charge in [-0.15, -0.1) is 0 Å². The molecule has 1 atom stereocenters. The maximum absolute atomic E-state index is 10.4. The van der Waals surface area contributed by atoms with Crippen LogP contribution in [0.1, 0.15) is 52.4 Å². The fraction of sp³-hybridized carbons (Fsp3) is 0.667. The van der Waals surface area contributed by atoms with Gasteiger partial charge in [0.1, 0.15) is 5.78 Å². The quantitative estimate of drug-likeness (QED) is 0.757. The third kappa shape index (κ3) is 4.86. The maximum Gasteiger partial charge on any atom is 0.126 e. The molecule has 0 aliphatic heterocycles. The van der Waals surface area contributed by atoms with Crippen molar-refractivity contribution in [2.75, 3.05) is 0 Å². The molecular formula is C15H24O2. The molecule has 2 nitrogen and oxygen atoms in total. The summed E-state index contributed by atoms with van der Waals surface area (Å²) in [6.45, 7) is 3.06. The highest BCUT2D eigenvalue weighted by Gasteiger charge is 2.34. The molecule has 2 aliphatic carbocycles. The van der Waals surface area contributed by atoms with Crippen molar-refractivity contribution in [3.63, 3.8) is 0 Å². The summed E-state index contributed by atoms with van der Waals surface area (Å²) in [5, 5.41) is 10.4. The van der Waals surface area contributed by atoms with Crippen molar-refractivity contribution in [3.8, 4) is 0 Å². The van der Waals surface area contributed by atoms with Crippen LogP contribution in [0.3, 0.4) is 0 Å². The van der Waals surface area contributed by atoms with Crippen molar-refractivity contribution < 1.29 is 9.90 Å². The number of carbonyl (C=O) groups excluding carboxylic acids is 1. The van der Waals surface area contributed by atoms with Crippen molar-refractivity contribution in [1.29, 1.82) is 0 Å². The van der Waals surface area contributed by atoms with Crippen LogP contribution in [0, 0.1) is 5.92 Å². The van der Waals surface area contributed by atoms with E-state index in [4.69, 9.17) is 0 Å². The summed E-state index contributed by atoms with van der Waals surface area (Å²) in [6.07, 6.45) is 15.2. The number of Topliss-reactive ketones (excluding diaryl/α,β-unsaturated/α-hetero) is 1. The minimum absolute atomic E-state index is 0.167. The Balaban J connectivity index is 0.000000317. The first-order chi connectivity index (χ1) is 8.04. The Morgan fingerprint density at radius 3 is 2.24 bits per heavy atom. The molecule has 96 valence electrons. The van der Waals surface area contributed by atoms with Crippen LogP contribution in [0.15, 0.2) is 24.3 Å². The van der Waals surface area contributed by atoms with Gasteiger partial charge < -0.3 is 9.90 Å². The highest BCUT2D eigenvalue weighted by molar-refractivity contribution is 5.72. The molecule has 2 heteroatoms. The van der Waals surface area contributed by atoms with E-state index in [0.717, 1.165) is 6.42 Å². The summed E-state index contributed by atoms with van der Waals surface area (Å²) in [7, 11) is 0. The van der Waals surface area contributed by atoms with Gasteiger partial charge >= 0.3 is 0 Å². The second-order valence-corrected chi connectivity index (χ2v) is 5.23. The number of aliphatic hydroxyl groups is 1. The second-order valence-electron chi connectivity index (χ2n) is 5.23. The first-order valence-corrected chi connectivity index (χ1v) is 6.58. The third-order valence-electron chi connectivity index (χ3n) is 3.39. The van der Waals surface area contributed by atoms with Gasteiger partial charge in [-0.3, -0.25) is 0 Å². The molecule has 17 heavy (non-hydrogen) atoms. The van der Waals surface area contributed by atoms with E-state index in [-0.39, 0.29) is 5.78 Å². The highest BCUT2D eigenvalue weighted by Crippen LogP contribution is 2.36. The second kappa shape index (κ2) is 6.75. The molecule has 1 saturated carbocycles. The van der Waals surface area contributed by atoms with E-state index in [2.05, 4.69) is 6.08 Å². The van der Waals surface area contributed by atoms with Crippen molar-refractivity contribution in [3.05, 3.63) is 24.3 Å². The summed E-state index contributed by atoms with van der Waals surface area (Å²) >= 11 is 0. The molecule has 0 aromatic rings. The van der Waals surface area contributed by atoms with Gasteiger partial charge in [0.05, 0.1) is 5.60 Å². The smallest absolute Gasteiger partial charge is 0.126 e. The molecule has 0 amide bonds. The van der Waals surface area contributed by atoms with Crippen LogP contribution in [-0.4, -0.2) is 16.5 Å². The van der Waals surface area contributed by atoms with Gasteiger partial charge in [-0.25, -0.2) is 0 Å². The SMILES string of the molecule is CC(C)=O.OC1(C2CCCCC2)C=CC=CC1. The Kier molecular flexibility index (Phi) is 5.63. The molecule has 1 N–H and O–H groups in total. The molecule has 0 spiro atoms. The molecule has 0 radical (unpaired) electrons. The van der Waals surface area contributed by atoms with Crippen LogP contribution in [-0.2, 0) is 4.79 Å². The van der Waals surface area contributed by atoms with Crippen LogP contribution in [0.4, 0.5) is 0 Å². The minimum Gasteiger partial charge on any atom is -0.385 e. The maximum atomic E-state index is 10.4. The molecule has 0 heterocycles. The Morgan fingerprint density at radius 1 is 1.18 bits per heavy atom. The molecule has 1 fully saturated rings. The Morgan fingerprint density at radius 2 is 1.76 bits per heavy atom. The number of hydrogen-bond donors (Lipinski definition) is 1. The number of allylic oxidation sites excluding steroid dienone is 2. The molecule has 2 rings (SSSR count). The van der Waals surface area contributed by atoms with E-state index in [0.29, 0.717) is 5.92 Å². The number of carbonyl (C=O) groups is 1. The van der Waals surface area contributed by atoms with Gasteiger partial charge in [0.2, 0.25) is 0 Å². The van der Waals surface area contributed by atoms with Gasteiger partial charge in [0.15, 0.2) is 0 Å². The summed E-state index contributed by atoms with van der Waals surface area (Å²) in [5.41, 5.74) is -0.519. The predicted octanol–water partition coefficient (Wildman–Crippen LogP) is 3.41. The standard InChI is InChI=1S/C12H18O.C3H6O/c13-12(9-5-2-6-10-12)11-7-3-1-4-8-11;1-3(2)4/h2,5-6,9,11,13H,1,3-4,7-8,10H2;1-2H3. The first-order valence-electron chi connectivity index (χ1n) is 6.58. The molecule has 1 unspecified atom stereocenters. The van der Waals surface area contributed by atoms with Crippen LogP contribution < -0.4 is 0 Å². The largest absolute Gasteiger partial charge is 0.385 e. The Labute approximate surface area is 104 Å². The van der Waals surface area contributed by atoms with E-state index in [1.165, 1.54) is 46.0 Å². The van der Waals surface area contributed by atoms with Crippen molar-refractivity contribution in [1.82, 2.24) is 0 Å². The van der Waals surface area contributed by atoms with E-state index >= 15 is 0 Å². The van der Waals surface area contributed by atoms with Gasteiger partial charge in [0, 0.05) is 0 Å². The molecule has 2 aliphatic rings. The fourth-order valence-electron chi connectivity index (χ4n) is 2.53. The molecule has 0 aromatic heterocycles. The van der Waals surface area contributed by atoms with Gasteiger partial charge in [-0.05, 0) is 39.0 Å². The topological polar surface area (TPSA) is 37.3 Å². The first kappa shape index (κ1) is 14.2. The van der Waals surface area contributed by atoms with E-state index in [1.54, 1.807) is 0 Å². The fourth-order valence-corrected chi connectivity index (χ4v) is 2.53. The lowest BCUT2D eigenvalue weighted by Gasteiger charge is -2.36. The van der Waals surface area contributed by atoms with Gasteiger partial charge in [-0.2, -0.15) is 0 Å². The molecular weight excluding hydrogens is 212 g/mol. The number of hydrogen-bond acceptors (Lipinski definition) is 2. The lowest BCUT2D eigenvalue weighted by Crippen LogP contribution is -2.37. The summed E-state index contributed by atoms with van der Waals surface area (Å²) < 4.78 is 0. The van der Waals surface area contributed by atoms with Crippen molar-refractivity contribution in [2.45, 2.75) is 58.0 Å². The van der Waals surface area contributed by atoms with Crippen LogP contribution in [0.2, 0.25) is 0 Å². The Bertz CT molecular complexity index is 294. The van der Waals surface area contributed by atoms with Crippen LogP contribution >= 0.6 is 0 Å². The van der Waals surface area contributed by atoms with Crippen LogP contribution in [0.25, 0.3) is 0 Å². The highest BCUT2D eigenvalue weighted by atomic mass is 16.3. The van der Waals surface area contributed by atoms with Crippen molar-refractivity contribution >= 4 is 5.78 Å². The Hall–Kier alpha value is -0.890. The summed E-state index contributed by atoms with van der Waals surface area (Å²) in [6, 6.07) is 0. The number of ketones is 1. The average Bonchev–Trinajstić information content (AvgIpc) is 2.30. The zero-order valence-corrected chi connectivity index (χ0v) is 11.0. The predicted molar refractivity (Wildman–Crippen MR) is 70.8 cm³/mol. The average molecular weight is 236 g/mol. The van der Waals surface area contributed by atoms with Gasteiger partial charge in [-0.1, -0.05) is 43.6 Å². The van der Waals surface area contributed by atoms with E-state index < -0.39 is 5.60 Å². The number of rotatable bonds is 1. The van der Waals surface area contributed by atoms with E-state index in [9.17, 15) is 9.90 Å². The zero-order valence-electron chi connectivity index (χ0n) is 11.0.